The standard InChI is InChI=1S/C28H24NOP/c1-22(21-27(30)23-13-5-2-6-14-23)29-26-19-11-12-20-28(26)31(24-15-7-3-8-16-24)25-17-9-4-10-18-25/h2-21,29H,1H3/b22-21-. The van der Waals surface area contributed by atoms with Crippen LogP contribution in [-0.2, 0) is 0 Å². The van der Waals surface area contributed by atoms with Crippen molar-refractivity contribution in [1.82, 2.24) is 0 Å². The highest BCUT2D eigenvalue weighted by Crippen LogP contribution is 2.35. The maximum Gasteiger partial charge on any atom is 0.187 e. The number of nitrogens with one attached hydrogen (secondary N) is 1. The highest BCUT2D eigenvalue weighted by molar-refractivity contribution is 7.80. The summed E-state index contributed by atoms with van der Waals surface area (Å²) < 4.78 is 0. The van der Waals surface area contributed by atoms with E-state index >= 15 is 0 Å². The highest BCUT2D eigenvalue weighted by atomic mass is 31.1. The van der Waals surface area contributed by atoms with Crippen molar-refractivity contribution in [3.63, 3.8) is 0 Å². The first kappa shape index (κ1) is 20.8. The van der Waals surface area contributed by atoms with Gasteiger partial charge in [0.25, 0.3) is 0 Å². The summed E-state index contributed by atoms with van der Waals surface area (Å²) in [5.74, 6) is -0.00327. The van der Waals surface area contributed by atoms with Crippen LogP contribution < -0.4 is 21.2 Å². The number of benzene rings is 4. The highest BCUT2D eigenvalue weighted by Gasteiger charge is 2.19. The minimum absolute atomic E-state index is 0.00327. The van der Waals surface area contributed by atoms with E-state index in [1.165, 1.54) is 15.9 Å². The van der Waals surface area contributed by atoms with Crippen LogP contribution in [0, 0.1) is 0 Å². The summed E-state index contributed by atoms with van der Waals surface area (Å²) in [5.41, 5.74) is 2.53. The lowest BCUT2D eigenvalue weighted by atomic mass is 10.1. The van der Waals surface area contributed by atoms with Gasteiger partial charge in [0.05, 0.1) is 0 Å². The number of hydrogen-bond donors (Lipinski definition) is 1. The molecule has 0 aliphatic rings. The molecule has 31 heavy (non-hydrogen) atoms. The summed E-state index contributed by atoms with van der Waals surface area (Å²) in [4.78, 5) is 12.6. The Balaban J connectivity index is 1.70. The van der Waals surface area contributed by atoms with Crippen molar-refractivity contribution in [2.75, 3.05) is 5.32 Å². The van der Waals surface area contributed by atoms with Gasteiger partial charge in [-0.15, -0.1) is 0 Å². The van der Waals surface area contributed by atoms with Gasteiger partial charge in [-0.3, -0.25) is 4.79 Å². The van der Waals surface area contributed by atoms with Crippen LogP contribution in [0.4, 0.5) is 5.69 Å². The third kappa shape index (κ3) is 5.17. The fraction of sp³-hybridized carbons (Fsp3) is 0.0357. The first-order valence-electron chi connectivity index (χ1n) is 10.3. The fourth-order valence-electron chi connectivity index (χ4n) is 3.49. The zero-order valence-corrected chi connectivity index (χ0v) is 18.3. The lowest BCUT2D eigenvalue weighted by Crippen LogP contribution is -2.23. The number of carbonyl (C=O) groups is 1. The minimum atomic E-state index is -0.736. The maximum atomic E-state index is 12.6. The van der Waals surface area contributed by atoms with E-state index in [2.05, 4.69) is 72.0 Å². The minimum Gasteiger partial charge on any atom is -0.358 e. The van der Waals surface area contributed by atoms with Crippen molar-refractivity contribution in [3.05, 3.63) is 133 Å². The second-order valence-corrected chi connectivity index (χ2v) is 9.39. The van der Waals surface area contributed by atoms with Crippen molar-refractivity contribution in [1.29, 1.82) is 0 Å². The summed E-state index contributed by atoms with van der Waals surface area (Å²) in [6.07, 6.45) is 1.67. The second-order valence-electron chi connectivity index (χ2n) is 7.21. The number of anilines is 1. The average molecular weight is 421 g/mol. The Morgan fingerprint density at radius 1 is 0.677 bits per heavy atom. The summed E-state index contributed by atoms with van der Waals surface area (Å²) in [6.45, 7) is 1.94. The van der Waals surface area contributed by atoms with Crippen LogP contribution in [0.2, 0.25) is 0 Å². The molecular formula is C28H24NOP. The number of ketones is 1. The topological polar surface area (TPSA) is 29.1 Å². The summed E-state index contributed by atoms with van der Waals surface area (Å²) in [5, 5.41) is 7.30. The molecule has 0 bridgehead atoms. The SMILES string of the molecule is C/C(=C/C(=O)c1ccccc1)Nc1ccccc1P(c1ccccc1)c1ccccc1. The molecule has 0 unspecified atom stereocenters. The molecule has 2 nitrogen and oxygen atoms in total. The quantitative estimate of drug-likeness (QED) is 0.238. The van der Waals surface area contributed by atoms with Gasteiger partial charge >= 0.3 is 0 Å². The van der Waals surface area contributed by atoms with Crippen LogP contribution in [0.1, 0.15) is 17.3 Å². The normalized spacial score (nSPS) is 11.4. The molecular weight excluding hydrogens is 397 g/mol. The van der Waals surface area contributed by atoms with Gasteiger partial charge in [-0.25, -0.2) is 0 Å². The summed E-state index contributed by atoms with van der Waals surface area (Å²) in [6, 6.07) is 39.0. The van der Waals surface area contributed by atoms with Gasteiger partial charge in [0.2, 0.25) is 0 Å². The molecule has 0 aliphatic heterocycles. The van der Waals surface area contributed by atoms with E-state index in [1.54, 1.807) is 6.08 Å². The number of para-hydroxylation sites is 1. The van der Waals surface area contributed by atoms with E-state index in [0.717, 1.165) is 11.4 Å². The fourth-order valence-corrected chi connectivity index (χ4v) is 5.89. The van der Waals surface area contributed by atoms with Crippen molar-refractivity contribution in [2.45, 2.75) is 6.92 Å². The molecule has 0 saturated heterocycles. The Morgan fingerprint density at radius 2 is 1.16 bits per heavy atom. The third-order valence-corrected chi connectivity index (χ3v) is 7.41. The van der Waals surface area contributed by atoms with Crippen LogP contribution in [-0.4, -0.2) is 5.78 Å². The molecule has 4 rings (SSSR count). The van der Waals surface area contributed by atoms with Crippen LogP contribution in [0.15, 0.2) is 127 Å². The smallest absolute Gasteiger partial charge is 0.187 e. The van der Waals surface area contributed by atoms with E-state index in [9.17, 15) is 4.79 Å². The molecule has 0 radical (unpaired) electrons. The van der Waals surface area contributed by atoms with Crippen LogP contribution in [0.25, 0.3) is 0 Å². The van der Waals surface area contributed by atoms with Crippen LogP contribution in [0.3, 0.4) is 0 Å². The Morgan fingerprint density at radius 3 is 1.74 bits per heavy atom. The van der Waals surface area contributed by atoms with E-state index in [1.807, 2.05) is 55.5 Å². The molecule has 3 heteroatoms. The summed E-state index contributed by atoms with van der Waals surface area (Å²) in [7, 11) is -0.736. The first-order chi connectivity index (χ1) is 15.2. The average Bonchev–Trinajstić information content (AvgIpc) is 2.82. The van der Waals surface area contributed by atoms with Crippen LogP contribution in [0.5, 0.6) is 0 Å². The van der Waals surface area contributed by atoms with Crippen molar-refractivity contribution < 1.29 is 4.79 Å². The Kier molecular flexibility index (Phi) is 6.72. The number of carbonyl (C=O) groups excluding carboxylic acids is 1. The van der Waals surface area contributed by atoms with Crippen molar-refractivity contribution in [2.24, 2.45) is 0 Å². The predicted molar refractivity (Wildman–Crippen MR) is 133 cm³/mol. The number of allylic oxidation sites excluding steroid dienone is 2. The molecule has 4 aromatic carbocycles. The molecule has 0 fully saturated rings. The van der Waals surface area contributed by atoms with Crippen molar-refractivity contribution in [3.8, 4) is 0 Å². The van der Waals surface area contributed by atoms with Gasteiger partial charge in [-0.2, -0.15) is 0 Å². The lowest BCUT2D eigenvalue weighted by molar-refractivity contribution is 0.104. The number of hydrogen-bond acceptors (Lipinski definition) is 2. The molecule has 152 valence electrons. The van der Waals surface area contributed by atoms with Gasteiger partial charge in [-0.1, -0.05) is 109 Å². The van der Waals surface area contributed by atoms with E-state index in [-0.39, 0.29) is 5.78 Å². The Hall–Kier alpha value is -3.48. The van der Waals surface area contributed by atoms with Gasteiger partial charge < -0.3 is 5.32 Å². The predicted octanol–water partition coefficient (Wildman–Crippen LogP) is 5.64. The molecule has 0 heterocycles. The summed E-state index contributed by atoms with van der Waals surface area (Å²) >= 11 is 0. The lowest BCUT2D eigenvalue weighted by Gasteiger charge is -2.23. The van der Waals surface area contributed by atoms with Gasteiger partial charge in [0.15, 0.2) is 5.78 Å². The van der Waals surface area contributed by atoms with E-state index in [4.69, 9.17) is 0 Å². The van der Waals surface area contributed by atoms with Crippen molar-refractivity contribution >= 4 is 35.3 Å². The number of rotatable bonds is 7. The van der Waals surface area contributed by atoms with Gasteiger partial charge in [0, 0.05) is 28.3 Å². The van der Waals surface area contributed by atoms with Crippen LogP contribution >= 0.6 is 7.92 Å². The zero-order valence-electron chi connectivity index (χ0n) is 17.4. The van der Waals surface area contributed by atoms with Gasteiger partial charge in [-0.05, 0) is 31.5 Å². The molecule has 0 amide bonds. The molecule has 0 spiro atoms. The van der Waals surface area contributed by atoms with E-state index in [0.29, 0.717) is 5.56 Å². The van der Waals surface area contributed by atoms with E-state index < -0.39 is 7.92 Å². The Labute approximate surface area is 185 Å². The maximum absolute atomic E-state index is 12.6. The molecule has 1 N–H and O–H groups in total. The molecule has 0 saturated carbocycles. The second kappa shape index (κ2) is 10.0. The monoisotopic (exact) mass is 421 g/mol. The largest absolute Gasteiger partial charge is 0.358 e. The zero-order chi connectivity index (χ0) is 21.5. The Bertz CT molecular complexity index is 1130. The third-order valence-electron chi connectivity index (χ3n) is 4.91. The molecule has 4 aromatic rings. The molecule has 0 aromatic heterocycles. The molecule has 0 aliphatic carbocycles. The van der Waals surface area contributed by atoms with Gasteiger partial charge in [0.1, 0.15) is 0 Å². The molecule has 0 atom stereocenters. The first-order valence-corrected chi connectivity index (χ1v) is 11.6.